The topological polar surface area (TPSA) is 72.2 Å². The van der Waals surface area contributed by atoms with E-state index in [2.05, 4.69) is 4.98 Å². The molecule has 94 valence electrons. The van der Waals surface area contributed by atoms with Crippen molar-refractivity contribution in [3.63, 3.8) is 0 Å². The molecule has 0 unspecified atom stereocenters. The molecule has 5 nitrogen and oxygen atoms in total. The second-order valence-electron chi connectivity index (χ2n) is 3.99. The number of aromatic carboxylic acids is 1. The van der Waals surface area contributed by atoms with Gasteiger partial charge in [0.25, 0.3) is 0 Å². The molecule has 0 bridgehead atoms. The number of hydrogen-bond donors (Lipinski definition) is 1. The Morgan fingerprint density at radius 1 is 1.39 bits per heavy atom. The molecule has 0 atom stereocenters. The number of aryl methyl sites for hydroxylation is 2. The zero-order chi connectivity index (χ0) is 13.3. The Balaban J connectivity index is 2.34. The molecular weight excluding hydrogens is 252 g/mol. The molecule has 0 aliphatic carbocycles. The van der Waals surface area contributed by atoms with E-state index in [4.69, 9.17) is 5.11 Å². The van der Waals surface area contributed by atoms with E-state index in [1.165, 1.54) is 16.7 Å². The molecule has 0 aliphatic heterocycles. The molecular formula is C12H12N2O3S. The van der Waals surface area contributed by atoms with Crippen molar-refractivity contribution in [3.05, 3.63) is 49.8 Å². The van der Waals surface area contributed by atoms with Gasteiger partial charge in [-0.1, -0.05) is 0 Å². The third-order valence-corrected chi connectivity index (χ3v) is 3.45. The predicted molar refractivity (Wildman–Crippen MR) is 68.4 cm³/mol. The van der Waals surface area contributed by atoms with Crippen LogP contribution in [0.25, 0.3) is 0 Å². The molecule has 0 fully saturated rings. The minimum atomic E-state index is -1.02. The molecule has 0 aromatic carbocycles. The van der Waals surface area contributed by atoms with Crippen LogP contribution in [0.15, 0.2) is 22.3 Å². The molecule has 2 heterocycles. The van der Waals surface area contributed by atoms with Gasteiger partial charge >= 0.3 is 5.97 Å². The summed E-state index contributed by atoms with van der Waals surface area (Å²) in [6.07, 6.45) is 0. The third-order valence-electron chi connectivity index (χ3n) is 2.62. The molecule has 2 aromatic rings. The van der Waals surface area contributed by atoms with Gasteiger partial charge in [0.05, 0.1) is 6.54 Å². The number of aromatic nitrogens is 2. The number of rotatable bonds is 3. The van der Waals surface area contributed by atoms with Crippen LogP contribution in [0.5, 0.6) is 0 Å². The van der Waals surface area contributed by atoms with E-state index in [0.29, 0.717) is 11.6 Å². The Kier molecular flexibility index (Phi) is 3.29. The Hall–Kier alpha value is -1.95. The summed E-state index contributed by atoms with van der Waals surface area (Å²) in [6.45, 7) is 4.18. The summed E-state index contributed by atoms with van der Waals surface area (Å²) in [7, 11) is 0. The average molecular weight is 264 g/mol. The van der Waals surface area contributed by atoms with Crippen molar-refractivity contribution in [2.45, 2.75) is 20.4 Å². The van der Waals surface area contributed by atoms with Crippen molar-refractivity contribution in [2.75, 3.05) is 0 Å². The van der Waals surface area contributed by atoms with Gasteiger partial charge in [0.2, 0.25) is 0 Å². The number of nitrogens with zero attached hydrogens (tertiary/aromatic N) is 2. The van der Waals surface area contributed by atoms with Crippen molar-refractivity contribution in [1.82, 2.24) is 9.55 Å². The van der Waals surface area contributed by atoms with E-state index in [-0.39, 0.29) is 11.1 Å². The fraction of sp³-hybridized carbons (Fsp3) is 0.250. The molecule has 2 aromatic heterocycles. The zero-order valence-electron chi connectivity index (χ0n) is 10.0. The van der Waals surface area contributed by atoms with Crippen LogP contribution in [0.2, 0.25) is 0 Å². The predicted octanol–water partition coefficient (Wildman–Crippen LogP) is 1.67. The minimum absolute atomic E-state index is 0.0217. The SMILES string of the molecule is Cc1cc(=O)cc(C)n1Cc1nc(C(=O)O)cs1. The smallest absolute Gasteiger partial charge is 0.355 e. The summed E-state index contributed by atoms with van der Waals surface area (Å²) >= 11 is 1.30. The van der Waals surface area contributed by atoms with Crippen LogP contribution in [0.3, 0.4) is 0 Å². The fourth-order valence-corrected chi connectivity index (χ4v) is 2.51. The van der Waals surface area contributed by atoms with Gasteiger partial charge < -0.3 is 9.67 Å². The fourth-order valence-electron chi connectivity index (χ4n) is 1.75. The van der Waals surface area contributed by atoms with E-state index in [9.17, 15) is 9.59 Å². The normalized spacial score (nSPS) is 10.6. The van der Waals surface area contributed by atoms with E-state index in [1.54, 1.807) is 12.1 Å². The van der Waals surface area contributed by atoms with Crippen LogP contribution in [0.1, 0.15) is 26.9 Å². The van der Waals surface area contributed by atoms with Gasteiger partial charge in [-0.15, -0.1) is 11.3 Å². The molecule has 0 spiro atoms. The molecule has 0 saturated carbocycles. The number of carboxylic acids is 1. The monoisotopic (exact) mass is 264 g/mol. The third kappa shape index (κ3) is 2.48. The van der Waals surface area contributed by atoms with Crippen LogP contribution >= 0.6 is 11.3 Å². The Labute approximate surface area is 107 Å². The van der Waals surface area contributed by atoms with E-state index in [0.717, 1.165) is 11.4 Å². The first-order valence-electron chi connectivity index (χ1n) is 5.33. The molecule has 2 rings (SSSR count). The second-order valence-corrected chi connectivity index (χ2v) is 4.93. The highest BCUT2D eigenvalue weighted by molar-refractivity contribution is 7.09. The van der Waals surface area contributed by atoms with Gasteiger partial charge in [-0.3, -0.25) is 4.79 Å². The number of carbonyl (C=O) groups is 1. The summed E-state index contributed by atoms with van der Waals surface area (Å²) < 4.78 is 1.94. The van der Waals surface area contributed by atoms with Gasteiger partial charge in [0, 0.05) is 28.9 Å². The minimum Gasteiger partial charge on any atom is -0.476 e. The van der Waals surface area contributed by atoms with Crippen LogP contribution in [0, 0.1) is 13.8 Å². The van der Waals surface area contributed by atoms with Crippen molar-refractivity contribution < 1.29 is 9.90 Å². The Bertz CT molecular complexity index is 631. The van der Waals surface area contributed by atoms with Crippen molar-refractivity contribution in [3.8, 4) is 0 Å². The number of thiazole rings is 1. The maximum atomic E-state index is 11.3. The molecule has 0 amide bonds. The molecule has 0 radical (unpaired) electrons. The maximum absolute atomic E-state index is 11.3. The first kappa shape index (κ1) is 12.5. The second kappa shape index (κ2) is 4.73. The molecule has 1 N–H and O–H groups in total. The number of hydrogen-bond acceptors (Lipinski definition) is 4. The van der Waals surface area contributed by atoms with Gasteiger partial charge in [-0.25, -0.2) is 9.78 Å². The van der Waals surface area contributed by atoms with E-state index < -0.39 is 5.97 Å². The number of carboxylic acid groups (broad SMARTS) is 1. The van der Waals surface area contributed by atoms with Crippen molar-refractivity contribution in [2.24, 2.45) is 0 Å². The van der Waals surface area contributed by atoms with Crippen LogP contribution in [0.4, 0.5) is 0 Å². The molecule has 18 heavy (non-hydrogen) atoms. The largest absolute Gasteiger partial charge is 0.476 e. The first-order chi connectivity index (χ1) is 8.47. The Morgan fingerprint density at radius 3 is 2.50 bits per heavy atom. The first-order valence-corrected chi connectivity index (χ1v) is 6.21. The van der Waals surface area contributed by atoms with Crippen LogP contribution in [-0.2, 0) is 6.54 Å². The quantitative estimate of drug-likeness (QED) is 0.915. The lowest BCUT2D eigenvalue weighted by Crippen LogP contribution is -2.13. The zero-order valence-corrected chi connectivity index (χ0v) is 10.8. The Morgan fingerprint density at radius 2 is 2.00 bits per heavy atom. The molecule has 0 saturated heterocycles. The summed E-state index contributed by atoms with van der Waals surface area (Å²) in [5.41, 5.74) is 1.72. The van der Waals surface area contributed by atoms with E-state index >= 15 is 0 Å². The lowest BCUT2D eigenvalue weighted by Gasteiger charge is -2.12. The van der Waals surface area contributed by atoms with E-state index in [1.807, 2.05) is 18.4 Å². The highest BCUT2D eigenvalue weighted by Gasteiger charge is 2.10. The molecule has 0 aliphatic rings. The molecule has 6 heteroatoms. The average Bonchev–Trinajstić information content (AvgIpc) is 2.71. The highest BCUT2D eigenvalue weighted by atomic mass is 32.1. The summed E-state index contributed by atoms with van der Waals surface area (Å²) in [4.78, 5) is 26.1. The van der Waals surface area contributed by atoms with Gasteiger partial charge in [0.15, 0.2) is 11.1 Å². The summed E-state index contributed by atoms with van der Waals surface area (Å²) in [5.74, 6) is -1.02. The van der Waals surface area contributed by atoms with Gasteiger partial charge in [-0.05, 0) is 13.8 Å². The van der Waals surface area contributed by atoms with Crippen molar-refractivity contribution >= 4 is 17.3 Å². The standard InChI is InChI=1S/C12H12N2O3S/c1-7-3-9(15)4-8(2)14(7)5-11-13-10(6-18-11)12(16)17/h3-4,6H,5H2,1-2H3,(H,16,17). The van der Waals surface area contributed by atoms with Crippen LogP contribution < -0.4 is 5.43 Å². The number of pyridine rings is 1. The lowest BCUT2D eigenvalue weighted by molar-refractivity contribution is 0.0691. The highest BCUT2D eigenvalue weighted by Crippen LogP contribution is 2.13. The summed E-state index contributed by atoms with van der Waals surface area (Å²) in [6, 6.07) is 3.11. The lowest BCUT2D eigenvalue weighted by atomic mass is 10.3. The van der Waals surface area contributed by atoms with Gasteiger partial charge in [-0.2, -0.15) is 0 Å². The summed E-state index contributed by atoms with van der Waals surface area (Å²) in [5, 5.41) is 11.0. The maximum Gasteiger partial charge on any atom is 0.355 e. The van der Waals surface area contributed by atoms with Crippen LogP contribution in [-0.4, -0.2) is 20.6 Å². The van der Waals surface area contributed by atoms with Crippen molar-refractivity contribution in [1.29, 1.82) is 0 Å². The van der Waals surface area contributed by atoms with Gasteiger partial charge in [0.1, 0.15) is 5.01 Å².